The molecule has 0 spiro atoms. The van der Waals surface area contributed by atoms with E-state index in [1.54, 1.807) is 0 Å². The molecule has 0 aliphatic heterocycles. The highest BCUT2D eigenvalue weighted by molar-refractivity contribution is 7.80. The molecule has 0 aliphatic carbocycles. The topological polar surface area (TPSA) is 39.6 Å². The van der Waals surface area contributed by atoms with E-state index in [0.717, 1.165) is 21.8 Å². The Bertz CT molecular complexity index is 446. The smallest absolute Gasteiger partial charge is 0.0784 e. The molecule has 2 aromatic rings. The van der Waals surface area contributed by atoms with Crippen LogP contribution in [0.3, 0.4) is 0 Å². The number of aromatic nitrogens is 1. The van der Waals surface area contributed by atoms with E-state index < -0.39 is 0 Å². The van der Waals surface area contributed by atoms with Crippen molar-refractivity contribution in [3.8, 4) is 11.3 Å². The van der Waals surface area contributed by atoms with Crippen molar-refractivity contribution in [1.29, 1.82) is 5.41 Å². The van der Waals surface area contributed by atoms with Crippen molar-refractivity contribution < 1.29 is 0 Å². The molecule has 1 aromatic heterocycles. The molecule has 1 heterocycles. The van der Waals surface area contributed by atoms with Gasteiger partial charge in [-0.1, -0.05) is 30.3 Å². The van der Waals surface area contributed by atoms with Gasteiger partial charge < -0.3 is 10.4 Å². The summed E-state index contributed by atoms with van der Waals surface area (Å²) < 4.78 is 0. The summed E-state index contributed by atoms with van der Waals surface area (Å²) in [5, 5.41) is 7.90. The van der Waals surface area contributed by atoms with Gasteiger partial charge in [-0.15, -0.1) is 12.6 Å². The van der Waals surface area contributed by atoms with Crippen molar-refractivity contribution in [3.05, 3.63) is 42.0 Å². The predicted molar refractivity (Wildman–Crippen MR) is 61.4 cm³/mol. The van der Waals surface area contributed by atoms with Gasteiger partial charge in [0.05, 0.1) is 5.03 Å². The highest BCUT2D eigenvalue weighted by Crippen LogP contribution is 2.22. The van der Waals surface area contributed by atoms with E-state index in [9.17, 15) is 0 Å². The minimum absolute atomic E-state index is 0.735. The molecule has 1 aromatic carbocycles. The van der Waals surface area contributed by atoms with Crippen molar-refractivity contribution in [2.75, 3.05) is 0 Å². The number of benzene rings is 1. The Morgan fingerprint density at radius 1 is 1.21 bits per heavy atom. The molecule has 0 radical (unpaired) electrons. The zero-order valence-electron chi connectivity index (χ0n) is 7.49. The second-order valence-corrected chi connectivity index (χ2v) is 3.44. The summed E-state index contributed by atoms with van der Waals surface area (Å²) in [6.45, 7) is 0. The summed E-state index contributed by atoms with van der Waals surface area (Å²) in [5.74, 6) is 0. The fourth-order valence-corrected chi connectivity index (χ4v) is 1.59. The number of thiol groups is 1. The molecule has 0 bridgehead atoms. The molecule has 3 heteroatoms. The Balaban J connectivity index is 2.48. The monoisotopic (exact) mass is 202 g/mol. The summed E-state index contributed by atoms with van der Waals surface area (Å²) in [4.78, 5) is 3.12. The SMILES string of the molecule is N=Cc1cc(-c2ccccc2)[nH]c1S. The van der Waals surface area contributed by atoms with Crippen molar-refractivity contribution >= 4 is 18.8 Å². The Morgan fingerprint density at radius 2 is 1.93 bits per heavy atom. The lowest BCUT2D eigenvalue weighted by Crippen LogP contribution is -1.74. The van der Waals surface area contributed by atoms with Crippen molar-refractivity contribution in [3.63, 3.8) is 0 Å². The summed E-state index contributed by atoms with van der Waals surface area (Å²) in [7, 11) is 0. The van der Waals surface area contributed by atoms with Gasteiger partial charge in [0.1, 0.15) is 0 Å². The van der Waals surface area contributed by atoms with Gasteiger partial charge in [0.15, 0.2) is 0 Å². The first-order valence-corrected chi connectivity index (χ1v) is 4.74. The van der Waals surface area contributed by atoms with Crippen LogP contribution >= 0.6 is 12.6 Å². The lowest BCUT2D eigenvalue weighted by Gasteiger charge is -1.95. The first-order chi connectivity index (χ1) is 6.81. The number of H-pyrrole nitrogens is 1. The average Bonchev–Trinajstić information content (AvgIpc) is 2.61. The van der Waals surface area contributed by atoms with Gasteiger partial charge in [0, 0.05) is 17.5 Å². The van der Waals surface area contributed by atoms with Gasteiger partial charge >= 0.3 is 0 Å². The number of aromatic amines is 1. The summed E-state index contributed by atoms with van der Waals surface area (Å²) in [5.41, 5.74) is 2.91. The Hall–Kier alpha value is -1.48. The fourth-order valence-electron chi connectivity index (χ4n) is 1.34. The van der Waals surface area contributed by atoms with E-state index in [0.29, 0.717) is 0 Å². The lowest BCUT2D eigenvalue weighted by atomic mass is 10.1. The zero-order valence-corrected chi connectivity index (χ0v) is 8.38. The Kier molecular flexibility index (Phi) is 2.41. The van der Waals surface area contributed by atoms with Crippen LogP contribution in [0.2, 0.25) is 0 Å². The van der Waals surface area contributed by atoms with Gasteiger partial charge in [-0.3, -0.25) is 0 Å². The van der Waals surface area contributed by atoms with Crippen LogP contribution in [0, 0.1) is 5.41 Å². The standard InChI is InChI=1S/C11H10N2S/c12-7-9-6-10(13-11(9)14)8-4-2-1-3-5-8/h1-7,12-14H. The molecular weight excluding hydrogens is 192 g/mol. The van der Waals surface area contributed by atoms with Crippen molar-refractivity contribution in [2.24, 2.45) is 0 Å². The highest BCUT2D eigenvalue weighted by Gasteiger charge is 2.03. The molecule has 0 amide bonds. The summed E-state index contributed by atoms with van der Waals surface area (Å²) in [6, 6.07) is 11.9. The molecule has 0 fully saturated rings. The van der Waals surface area contributed by atoms with Gasteiger partial charge in [0.2, 0.25) is 0 Å². The van der Waals surface area contributed by atoms with Crippen LogP contribution in [0.1, 0.15) is 5.56 Å². The molecule has 2 N–H and O–H groups in total. The van der Waals surface area contributed by atoms with Gasteiger partial charge in [-0.25, -0.2) is 0 Å². The van der Waals surface area contributed by atoms with Crippen LogP contribution in [0.15, 0.2) is 41.4 Å². The normalized spacial score (nSPS) is 10.1. The second kappa shape index (κ2) is 3.72. The number of rotatable bonds is 2. The average molecular weight is 202 g/mol. The van der Waals surface area contributed by atoms with Crippen LogP contribution in [0.5, 0.6) is 0 Å². The largest absolute Gasteiger partial charge is 0.349 e. The fraction of sp³-hybridized carbons (Fsp3) is 0. The van der Waals surface area contributed by atoms with Crippen molar-refractivity contribution in [1.82, 2.24) is 4.98 Å². The van der Waals surface area contributed by atoms with Crippen LogP contribution in [-0.2, 0) is 0 Å². The molecule has 2 rings (SSSR count). The summed E-state index contributed by atoms with van der Waals surface area (Å²) >= 11 is 4.24. The van der Waals surface area contributed by atoms with Gasteiger partial charge in [-0.2, -0.15) is 0 Å². The third-order valence-electron chi connectivity index (χ3n) is 2.07. The van der Waals surface area contributed by atoms with E-state index >= 15 is 0 Å². The van der Waals surface area contributed by atoms with Gasteiger partial charge in [0.25, 0.3) is 0 Å². The Labute approximate surface area is 87.9 Å². The van der Waals surface area contributed by atoms with Gasteiger partial charge in [-0.05, 0) is 11.6 Å². The molecule has 0 unspecified atom stereocenters. The Morgan fingerprint density at radius 3 is 2.50 bits per heavy atom. The molecule has 14 heavy (non-hydrogen) atoms. The van der Waals surface area contributed by atoms with Crippen molar-refractivity contribution in [2.45, 2.75) is 5.03 Å². The van der Waals surface area contributed by atoms with E-state index in [2.05, 4.69) is 17.6 Å². The molecule has 70 valence electrons. The second-order valence-electron chi connectivity index (χ2n) is 3.00. The number of hydrogen-bond donors (Lipinski definition) is 3. The predicted octanol–water partition coefficient (Wildman–Crippen LogP) is 2.97. The highest BCUT2D eigenvalue weighted by atomic mass is 32.1. The number of hydrogen-bond acceptors (Lipinski definition) is 2. The molecule has 2 nitrogen and oxygen atoms in total. The maximum absolute atomic E-state index is 7.17. The van der Waals surface area contributed by atoms with E-state index in [-0.39, 0.29) is 0 Å². The molecule has 0 atom stereocenters. The van der Waals surface area contributed by atoms with E-state index in [1.807, 2.05) is 36.4 Å². The summed E-state index contributed by atoms with van der Waals surface area (Å²) in [6.07, 6.45) is 1.30. The van der Waals surface area contributed by atoms with Crippen LogP contribution in [0.4, 0.5) is 0 Å². The zero-order chi connectivity index (χ0) is 9.97. The van der Waals surface area contributed by atoms with E-state index in [1.165, 1.54) is 6.21 Å². The first kappa shape index (κ1) is 9.09. The minimum Gasteiger partial charge on any atom is -0.349 e. The number of nitrogens with one attached hydrogen (secondary N) is 2. The molecule has 0 aliphatic rings. The third kappa shape index (κ3) is 1.59. The third-order valence-corrected chi connectivity index (χ3v) is 2.44. The first-order valence-electron chi connectivity index (χ1n) is 4.29. The van der Waals surface area contributed by atoms with Crippen LogP contribution < -0.4 is 0 Å². The van der Waals surface area contributed by atoms with Crippen LogP contribution in [0.25, 0.3) is 11.3 Å². The molecule has 0 saturated heterocycles. The van der Waals surface area contributed by atoms with Crippen LogP contribution in [-0.4, -0.2) is 11.2 Å². The minimum atomic E-state index is 0.735. The molecular formula is C11H10N2S. The molecule has 0 saturated carbocycles. The van der Waals surface area contributed by atoms with E-state index in [4.69, 9.17) is 5.41 Å². The maximum Gasteiger partial charge on any atom is 0.0784 e. The quantitative estimate of drug-likeness (QED) is 0.495. The maximum atomic E-state index is 7.17. The lowest BCUT2D eigenvalue weighted by molar-refractivity contribution is 1.21.